The number of benzene rings is 1. The van der Waals surface area contributed by atoms with E-state index < -0.39 is 6.10 Å². The summed E-state index contributed by atoms with van der Waals surface area (Å²) in [4.78, 5) is 14.9. The monoisotopic (exact) mass is 266 g/mol. The Morgan fingerprint density at radius 3 is 2.42 bits per heavy atom. The van der Waals surface area contributed by atoms with Crippen molar-refractivity contribution in [1.82, 2.24) is 4.90 Å². The van der Waals surface area contributed by atoms with Crippen LogP contribution in [0.4, 0.5) is 10.1 Å². The van der Waals surface area contributed by atoms with Gasteiger partial charge in [0.05, 0.1) is 11.8 Å². The maximum atomic E-state index is 14.0. The van der Waals surface area contributed by atoms with Gasteiger partial charge in [0, 0.05) is 33.1 Å². The lowest BCUT2D eigenvalue weighted by atomic mass is 10.1. The highest BCUT2D eigenvalue weighted by Crippen LogP contribution is 2.24. The molecule has 1 heterocycles. The Hall–Kier alpha value is -1.62. The first-order chi connectivity index (χ1) is 8.99. The van der Waals surface area contributed by atoms with E-state index in [1.54, 1.807) is 30.9 Å². The average Bonchev–Trinajstić information content (AvgIpc) is 2.38. The van der Waals surface area contributed by atoms with Gasteiger partial charge in [0.15, 0.2) is 0 Å². The highest BCUT2D eigenvalue weighted by Gasteiger charge is 2.21. The molecule has 2 rings (SSSR count). The Balaban J connectivity index is 2.09. The SMILES string of the molecule is CC(=O)N1CCN(c2ccc(C(C)O)cc2F)CC1. The van der Waals surface area contributed by atoms with Crippen LogP contribution >= 0.6 is 0 Å². The Kier molecular flexibility index (Phi) is 4.04. The van der Waals surface area contributed by atoms with E-state index in [2.05, 4.69) is 0 Å². The standard InChI is InChI=1S/C14H19FN2O2/c1-10(18)12-3-4-14(13(15)9-12)17-7-5-16(6-8-17)11(2)19/h3-4,9-10,18H,5-8H2,1-2H3. The maximum absolute atomic E-state index is 14.0. The number of nitrogens with zero attached hydrogens (tertiary/aromatic N) is 2. The van der Waals surface area contributed by atoms with Crippen LogP contribution in [0, 0.1) is 5.82 Å². The molecule has 1 saturated heterocycles. The molecule has 1 atom stereocenters. The van der Waals surface area contributed by atoms with Crippen LogP contribution in [0.1, 0.15) is 25.5 Å². The molecule has 0 bridgehead atoms. The summed E-state index contributed by atoms with van der Waals surface area (Å²) in [6, 6.07) is 4.80. The van der Waals surface area contributed by atoms with Gasteiger partial charge in [0.2, 0.25) is 5.91 Å². The first-order valence-electron chi connectivity index (χ1n) is 6.47. The number of carbonyl (C=O) groups excluding carboxylic acids is 1. The molecule has 1 aliphatic heterocycles. The molecule has 1 unspecified atom stereocenters. The summed E-state index contributed by atoms with van der Waals surface area (Å²) in [7, 11) is 0. The molecule has 0 saturated carbocycles. The molecular weight excluding hydrogens is 247 g/mol. The first-order valence-corrected chi connectivity index (χ1v) is 6.47. The highest BCUT2D eigenvalue weighted by molar-refractivity contribution is 5.73. The van der Waals surface area contributed by atoms with Crippen LogP contribution in [0.5, 0.6) is 0 Å². The number of hydrogen-bond donors (Lipinski definition) is 1. The third-order valence-electron chi connectivity index (χ3n) is 3.52. The molecule has 1 aromatic rings. The summed E-state index contributed by atoms with van der Waals surface area (Å²) in [6.45, 7) is 5.66. The maximum Gasteiger partial charge on any atom is 0.219 e. The summed E-state index contributed by atoms with van der Waals surface area (Å²) < 4.78 is 14.0. The summed E-state index contributed by atoms with van der Waals surface area (Å²) in [6.07, 6.45) is -0.668. The number of piperazine rings is 1. The van der Waals surface area contributed by atoms with E-state index in [0.29, 0.717) is 37.4 Å². The van der Waals surface area contributed by atoms with E-state index in [1.807, 2.05) is 4.90 Å². The van der Waals surface area contributed by atoms with Crippen molar-refractivity contribution >= 4 is 11.6 Å². The zero-order valence-corrected chi connectivity index (χ0v) is 11.3. The number of hydrogen-bond acceptors (Lipinski definition) is 3. The molecule has 0 aliphatic carbocycles. The van der Waals surface area contributed by atoms with Crippen molar-refractivity contribution in [2.45, 2.75) is 20.0 Å². The van der Waals surface area contributed by atoms with Crippen LogP contribution in [0.3, 0.4) is 0 Å². The van der Waals surface area contributed by atoms with Crippen molar-refractivity contribution in [3.63, 3.8) is 0 Å². The molecule has 1 amide bonds. The van der Waals surface area contributed by atoms with Crippen molar-refractivity contribution in [1.29, 1.82) is 0 Å². The fourth-order valence-corrected chi connectivity index (χ4v) is 2.30. The van der Waals surface area contributed by atoms with Gasteiger partial charge in [-0.25, -0.2) is 4.39 Å². The zero-order valence-electron chi connectivity index (χ0n) is 11.3. The van der Waals surface area contributed by atoms with E-state index in [9.17, 15) is 14.3 Å². The lowest BCUT2D eigenvalue weighted by molar-refractivity contribution is -0.129. The molecule has 1 N–H and O–H groups in total. The molecule has 4 nitrogen and oxygen atoms in total. The summed E-state index contributed by atoms with van der Waals surface area (Å²) in [5.41, 5.74) is 1.11. The Morgan fingerprint density at radius 1 is 1.32 bits per heavy atom. The molecule has 1 aromatic carbocycles. The van der Waals surface area contributed by atoms with E-state index in [-0.39, 0.29) is 11.7 Å². The predicted octanol–water partition coefficient (Wildman–Crippen LogP) is 1.55. The van der Waals surface area contributed by atoms with E-state index in [0.717, 1.165) is 0 Å². The molecule has 104 valence electrons. The van der Waals surface area contributed by atoms with Gasteiger partial charge >= 0.3 is 0 Å². The van der Waals surface area contributed by atoms with Crippen molar-refractivity contribution in [3.05, 3.63) is 29.6 Å². The van der Waals surface area contributed by atoms with Crippen LogP contribution in [0.15, 0.2) is 18.2 Å². The van der Waals surface area contributed by atoms with Crippen LogP contribution in [0.2, 0.25) is 0 Å². The van der Waals surface area contributed by atoms with Gasteiger partial charge in [-0.1, -0.05) is 6.07 Å². The Morgan fingerprint density at radius 2 is 1.95 bits per heavy atom. The minimum atomic E-state index is -0.668. The van der Waals surface area contributed by atoms with Gasteiger partial charge in [-0.15, -0.1) is 0 Å². The number of amides is 1. The van der Waals surface area contributed by atoms with E-state index in [4.69, 9.17) is 0 Å². The number of aliphatic hydroxyl groups excluding tert-OH is 1. The minimum absolute atomic E-state index is 0.0598. The van der Waals surface area contributed by atoms with Gasteiger partial charge in [-0.05, 0) is 24.6 Å². The largest absolute Gasteiger partial charge is 0.389 e. The Labute approximate surface area is 112 Å². The fourth-order valence-electron chi connectivity index (χ4n) is 2.30. The molecule has 0 radical (unpaired) electrons. The first kappa shape index (κ1) is 13.8. The topological polar surface area (TPSA) is 43.8 Å². The van der Waals surface area contributed by atoms with Crippen LogP contribution in [-0.2, 0) is 4.79 Å². The normalized spacial score (nSPS) is 17.5. The number of carbonyl (C=O) groups is 1. The molecule has 1 fully saturated rings. The van der Waals surface area contributed by atoms with Gasteiger partial charge in [-0.3, -0.25) is 4.79 Å². The highest BCUT2D eigenvalue weighted by atomic mass is 19.1. The summed E-state index contributed by atoms with van der Waals surface area (Å²) in [5.74, 6) is -0.265. The van der Waals surface area contributed by atoms with Crippen molar-refractivity contribution in [3.8, 4) is 0 Å². The average molecular weight is 266 g/mol. The zero-order chi connectivity index (χ0) is 14.0. The summed E-state index contributed by atoms with van der Waals surface area (Å²) >= 11 is 0. The predicted molar refractivity (Wildman–Crippen MR) is 71.5 cm³/mol. The van der Waals surface area contributed by atoms with Crippen molar-refractivity contribution in [2.24, 2.45) is 0 Å². The minimum Gasteiger partial charge on any atom is -0.389 e. The molecular formula is C14H19FN2O2. The third kappa shape index (κ3) is 3.04. The lowest BCUT2D eigenvalue weighted by Crippen LogP contribution is -2.48. The van der Waals surface area contributed by atoms with Crippen LogP contribution in [0.25, 0.3) is 0 Å². The molecule has 0 spiro atoms. The van der Waals surface area contributed by atoms with Crippen molar-refractivity contribution in [2.75, 3.05) is 31.1 Å². The van der Waals surface area contributed by atoms with E-state index >= 15 is 0 Å². The molecule has 0 aromatic heterocycles. The fraction of sp³-hybridized carbons (Fsp3) is 0.500. The van der Waals surface area contributed by atoms with Crippen molar-refractivity contribution < 1.29 is 14.3 Å². The van der Waals surface area contributed by atoms with Gasteiger partial charge < -0.3 is 14.9 Å². The smallest absolute Gasteiger partial charge is 0.219 e. The van der Waals surface area contributed by atoms with E-state index in [1.165, 1.54) is 6.07 Å². The van der Waals surface area contributed by atoms with Gasteiger partial charge in [0.1, 0.15) is 5.82 Å². The second-order valence-electron chi connectivity index (χ2n) is 4.88. The number of halogens is 1. The third-order valence-corrected chi connectivity index (χ3v) is 3.52. The molecule has 1 aliphatic rings. The molecule has 19 heavy (non-hydrogen) atoms. The second kappa shape index (κ2) is 5.57. The molecule has 5 heteroatoms. The number of anilines is 1. The van der Waals surface area contributed by atoms with Crippen LogP contribution in [-0.4, -0.2) is 42.1 Å². The second-order valence-corrected chi connectivity index (χ2v) is 4.88. The number of rotatable bonds is 2. The Bertz CT molecular complexity index is 469. The summed E-state index contributed by atoms with van der Waals surface area (Å²) in [5, 5.41) is 9.42. The van der Waals surface area contributed by atoms with Gasteiger partial charge in [0.25, 0.3) is 0 Å². The lowest BCUT2D eigenvalue weighted by Gasteiger charge is -2.35. The van der Waals surface area contributed by atoms with Gasteiger partial charge in [-0.2, -0.15) is 0 Å². The quantitative estimate of drug-likeness (QED) is 0.883. The van der Waals surface area contributed by atoms with Crippen LogP contribution < -0.4 is 4.90 Å². The number of aliphatic hydroxyl groups is 1.